The predicted octanol–water partition coefficient (Wildman–Crippen LogP) is 5.24. The first-order chi connectivity index (χ1) is 17.7. The molecule has 1 aliphatic heterocycles. The van der Waals surface area contributed by atoms with Crippen molar-refractivity contribution in [2.45, 2.75) is 6.42 Å². The van der Waals surface area contributed by atoms with Crippen LogP contribution in [0.1, 0.15) is 16.2 Å². The van der Waals surface area contributed by atoms with Gasteiger partial charge in [-0.05, 0) is 42.5 Å². The Kier molecular flexibility index (Phi) is 4.55. The summed E-state index contributed by atoms with van der Waals surface area (Å²) < 4.78 is 3.80. The molecule has 7 aromatic rings. The first kappa shape index (κ1) is 20.7. The lowest BCUT2D eigenvalue weighted by molar-refractivity contribution is 0.0977. The van der Waals surface area contributed by atoms with Gasteiger partial charge in [-0.2, -0.15) is 0 Å². The number of para-hydroxylation sites is 4. The number of rotatable bonds is 0. The van der Waals surface area contributed by atoms with Gasteiger partial charge in [-0.3, -0.25) is 13.8 Å². The number of halogens is 1. The number of fused-ring (bicyclic) bond motifs is 10. The van der Waals surface area contributed by atoms with Crippen LogP contribution in [0.25, 0.3) is 44.7 Å². The lowest BCUT2D eigenvalue weighted by atomic mass is 10.1. The average Bonchev–Trinajstić information content (AvgIpc) is 3.50. The van der Waals surface area contributed by atoms with Gasteiger partial charge < -0.3 is 0 Å². The fourth-order valence-corrected chi connectivity index (χ4v) is 4.85. The number of pyridine rings is 2. The average molecular weight is 490 g/mol. The van der Waals surface area contributed by atoms with Crippen LogP contribution in [0.2, 0.25) is 5.15 Å². The molecule has 6 heterocycles. The summed E-state index contributed by atoms with van der Waals surface area (Å²) in [7, 11) is 0. The molecule has 0 spiro atoms. The number of imidazole rings is 2. The van der Waals surface area contributed by atoms with Crippen molar-refractivity contribution in [3.05, 3.63) is 102 Å². The van der Waals surface area contributed by atoms with E-state index in [2.05, 4.69) is 24.9 Å². The fourth-order valence-electron chi connectivity index (χ4n) is 4.63. The fraction of sp³-hybridized carbons (Fsp3) is 0.0370. The maximum Gasteiger partial charge on any atom is 0.203 e. The molecule has 0 aliphatic carbocycles. The van der Waals surface area contributed by atoms with Crippen molar-refractivity contribution < 1.29 is 4.79 Å². The molecule has 36 heavy (non-hydrogen) atoms. The molecule has 5 aromatic heterocycles. The number of nitrogens with zero attached hydrogens (tertiary/aromatic N) is 7. The third-order valence-electron chi connectivity index (χ3n) is 6.18. The molecule has 0 bridgehead atoms. The van der Waals surface area contributed by atoms with Crippen LogP contribution in [0.3, 0.4) is 0 Å². The van der Waals surface area contributed by atoms with E-state index in [0.717, 1.165) is 44.6 Å². The van der Waals surface area contributed by atoms with E-state index in [1.54, 1.807) is 12.4 Å². The van der Waals surface area contributed by atoms with Gasteiger partial charge in [0, 0.05) is 24.4 Å². The maximum absolute atomic E-state index is 12.1. The Bertz CT molecular complexity index is 1970. The number of carbonyl (C=O) groups excluding carboxylic acids is 1. The van der Waals surface area contributed by atoms with Crippen molar-refractivity contribution in [2.24, 2.45) is 0 Å². The number of Topliss-reactive ketones (excluding diaryl/α,β-unsaturated/α-hetero) is 1. The van der Waals surface area contributed by atoms with Crippen molar-refractivity contribution >= 4 is 56.3 Å². The number of hydrogen-bond donors (Lipinski definition) is 0. The molecule has 0 saturated heterocycles. The molecule has 1 aliphatic rings. The number of benzene rings is 2. The van der Waals surface area contributed by atoms with Gasteiger partial charge in [-0.1, -0.05) is 41.9 Å². The number of aromatic nitrogens is 7. The first-order valence-corrected chi connectivity index (χ1v) is 11.7. The second-order valence-electron chi connectivity index (χ2n) is 8.35. The lowest BCUT2D eigenvalue weighted by Crippen LogP contribution is -2.20. The molecule has 0 radical (unpaired) electrons. The van der Waals surface area contributed by atoms with Crippen LogP contribution >= 0.6 is 11.6 Å². The first-order valence-electron chi connectivity index (χ1n) is 11.3. The zero-order valence-electron chi connectivity index (χ0n) is 18.7. The molecule has 8 nitrogen and oxygen atoms in total. The summed E-state index contributed by atoms with van der Waals surface area (Å²) in [6.07, 6.45) is 3.87. The third kappa shape index (κ3) is 3.08. The molecule has 0 saturated carbocycles. The van der Waals surface area contributed by atoms with Crippen molar-refractivity contribution in [2.75, 3.05) is 0 Å². The van der Waals surface area contributed by atoms with E-state index in [1.807, 2.05) is 81.8 Å². The molecule has 172 valence electrons. The maximum atomic E-state index is 12.1. The summed E-state index contributed by atoms with van der Waals surface area (Å²) in [5.74, 6) is 1.36. The van der Waals surface area contributed by atoms with Crippen LogP contribution < -0.4 is 0 Å². The zero-order chi connectivity index (χ0) is 24.2. The van der Waals surface area contributed by atoms with Gasteiger partial charge in [0.1, 0.15) is 11.3 Å². The molecule has 0 atom stereocenters. The Morgan fingerprint density at radius 1 is 0.694 bits per heavy atom. The molecule has 0 amide bonds. The Morgan fingerprint density at radius 3 is 2.25 bits per heavy atom. The highest BCUT2D eigenvalue weighted by atomic mass is 35.5. The van der Waals surface area contributed by atoms with E-state index in [-0.39, 0.29) is 5.78 Å². The van der Waals surface area contributed by atoms with E-state index >= 15 is 0 Å². The second-order valence-corrected chi connectivity index (χ2v) is 8.71. The molecule has 9 heteroatoms. The van der Waals surface area contributed by atoms with E-state index in [9.17, 15) is 4.79 Å². The van der Waals surface area contributed by atoms with Crippen LogP contribution in [0.15, 0.2) is 85.2 Å². The third-order valence-corrected chi connectivity index (χ3v) is 6.44. The molecular formula is C27H16ClN7O. The normalized spacial score (nSPS) is 12.5. The second kappa shape index (κ2) is 7.93. The Balaban J connectivity index is 0.000000122. The van der Waals surface area contributed by atoms with Gasteiger partial charge in [0.2, 0.25) is 5.78 Å². The summed E-state index contributed by atoms with van der Waals surface area (Å²) in [6.45, 7) is 0. The standard InChI is InChI=1S/C14H9N3O.C13H7ClN4/c18-12-8-9-4-3-7-15-13(9)17-11-6-2-1-5-10(11)16-14(12)17;14-11-13-17-8-4-1-2-6-10(8)18(13)12-9(16-11)5-3-7-15-12/h1-7H,8H2;1-7H. The van der Waals surface area contributed by atoms with Crippen molar-refractivity contribution in [3.63, 3.8) is 0 Å². The van der Waals surface area contributed by atoms with Gasteiger partial charge >= 0.3 is 0 Å². The Labute approximate surface area is 208 Å². The minimum atomic E-state index is 0.0479. The summed E-state index contributed by atoms with van der Waals surface area (Å²) in [5, 5.41) is 0.395. The number of carbonyl (C=O) groups is 1. The highest BCUT2D eigenvalue weighted by Crippen LogP contribution is 2.28. The van der Waals surface area contributed by atoms with Gasteiger partial charge in [0.25, 0.3) is 0 Å². The van der Waals surface area contributed by atoms with Crippen molar-refractivity contribution in [1.29, 1.82) is 0 Å². The van der Waals surface area contributed by atoms with Gasteiger partial charge in [0.05, 0.1) is 22.1 Å². The molecular weight excluding hydrogens is 474 g/mol. The van der Waals surface area contributed by atoms with Crippen LogP contribution in [-0.2, 0) is 6.42 Å². The quantitative estimate of drug-likeness (QED) is 0.289. The minimum Gasteiger partial charge on any atom is -0.290 e. The van der Waals surface area contributed by atoms with E-state index in [1.165, 1.54) is 0 Å². The molecule has 0 N–H and O–H groups in total. The Morgan fingerprint density at radius 2 is 1.39 bits per heavy atom. The van der Waals surface area contributed by atoms with Gasteiger partial charge in [-0.25, -0.2) is 24.9 Å². The summed E-state index contributed by atoms with van der Waals surface area (Å²) in [6, 6.07) is 23.1. The van der Waals surface area contributed by atoms with E-state index in [0.29, 0.717) is 23.0 Å². The summed E-state index contributed by atoms with van der Waals surface area (Å²) in [5.41, 5.74) is 6.77. The molecule has 2 aromatic carbocycles. The smallest absolute Gasteiger partial charge is 0.203 e. The summed E-state index contributed by atoms with van der Waals surface area (Å²) >= 11 is 6.19. The molecule has 8 rings (SSSR count). The van der Waals surface area contributed by atoms with Crippen molar-refractivity contribution in [1.82, 2.24) is 33.9 Å². The SMILES string of the molecule is Clc1nc2cccnc2n2c1nc1ccccc12.O=C1Cc2cccnc2-n2c1nc1ccccc12. The Hall–Kier alpha value is -4.69. The van der Waals surface area contributed by atoms with Crippen LogP contribution in [-0.4, -0.2) is 39.7 Å². The van der Waals surface area contributed by atoms with Gasteiger partial charge in [-0.15, -0.1) is 0 Å². The highest BCUT2D eigenvalue weighted by molar-refractivity contribution is 6.33. The zero-order valence-corrected chi connectivity index (χ0v) is 19.5. The molecule has 0 unspecified atom stereocenters. The van der Waals surface area contributed by atoms with Crippen molar-refractivity contribution in [3.8, 4) is 5.82 Å². The molecule has 0 fully saturated rings. The van der Waals surface area contributed by atoms with E-state index < -0.39 is 0 Å². The van der Waals surface area contributed by atoms with Crippen LogP contribution in [0, 0.1) is 0 Å². The van der Waals surface area contributed by atoms with Gasteiger partial charge in [0.15, 0.2) is 22.3 Å². The highest BCUT2D eigenvalue weighted by Gasteiger charge is 2.26. The largest absolute Gasteiger partial charge is 0.290 e. The lowest BCUT2D eigenvalue weighted by Gasteiger charge is -2.16. The number of ketones is 1. The topological polar surface area (TPSA) is 90.9 Å². The van der Waals surface area contributed by atoms with E-state index in [4.69, 9.17) is 11.6 Å². The number of hydrogen-bond acceptors (Lipinski definition) is 6. The predicted molar refractivity (Wildman–Crippen MR) is 138 cm³/mol. The van der Waals surface area contributed by atoms with Crippen LogP contribution in [0.5, 0.6) is 0 Å². The van der Waals surface area contributed by atoms with Crippen LogP contribution in [0.4, 0.5) is 0 Å². The minimum absolute atomic E-state index is 0.0479. The summed E-state index contributed by atoms with van der Waals surface area (Å²) in [4.78, 5) is 34.1. The monoisotopic (exact) mass is 489 g/mol.